The van der Waals surface area contributed by atoms with Crippen molar-refractivity contribution in [2.45, 2.75) is 31.7 Å². The van der Waals surface area contributed by atoms with Gasteiger partial charge in [-0.25, -0.2) is 0 Å². The average molecular weight is 399 g/mol. The van der Waals surface area contributed by atoms with Crippen molar-refractivity contribution >= 4 is 40.9 Å². The molecule has 0 radical (unpaired) electrons. The summed E-state index contributed by atoms with van der Waals surface area (Å²) in [6, 6.07) is 5.23. The lowest BCUT2D eigenvalue weighted by Gasteiger charge is -2.38. The SMILES string of the molecule is O=C(CCc1ccc(Cl)c(Cl)c1)N1CCC(N2C(=O)COCC2=O)CC1. The van der Waals surface area contributed by atoms with Gasteiger partial charge in [-0.1, -0.05) is 29.3 Å². The maximum Gasteiger partial charge on any atom is 0.255 e. The van der Waals surface area contributed by atoms with E-state index in [1.807, 2.05) is 6.07 Å². The molecule has 0 saturated carbocycles. The van der Waals surface area contributed by atoms with Gasteiger partial charge in [0.15, 0.2) is 0 Å². The number of carbonyl (C=O) groups is 3. The van der Waals surface area contributed by atoms with Crippen LogP contribution in [-0.2, 0) is 25.5 Å². The minimum absolute atomic E-state index is 0.0471. The molecule has 2 aliphatic rings. The Morgan fingerprint density at radius 2 is 1.73 bits per heavy atom. The molecule has 2 fully saturated rings. The Bertz CT molecular complexity index is 701. The lowest BCUT2D eigenvalue weighted by molar-refractivity contribution is -0.162. The molecule has 0 atom stereocenters. The topological polar surface area (TPSA) is 66.9 Å². The van der Waals surface area contributed by atoms with E-state index in [9.17, 15) is 14.4 Å². The van der Waals surface area contributed by atoms with E-state index >= 15 is 0 Å². The molecule has 0 spiro atoms. The average Bonchev–Trinajstić information content (AvgIpc) is 2.63. The number of benzene rings is 1. The second-order valence-corrected chi connectivity index (χ2v) is 7.33. The van der Waals surface area contributed by atoms with Crippen molar-refractivity contribution in [2.24, 2.45) is 0 Å². The van der Waals surface area contributed by atoms with Crippen LogP contribution in [0.1, 0.15) is 24.8 Å². The number of aryl methyl sites for hydroxylation is 1. The van der Waals surface area contributed by atoms with Gasteiger partial charge >= 0.3 is 0 Å². The highest BCUT2D eigenvalue weighted by Gasteiger charge is 2.35. The van der Waals surface area contributed by atoms with Gasteiger partial charge in [-0.15, -0.1) is 0 Å². The second kappa shape index (κ2) is 8.37. The molecule has 140 valence electrons. The smallest absolute Gasteiger partial charge is 0.255 e. The Kier molecular flexibility index (Phi) is 6.16. The molecular weight excluding hydrogens is 379 g/mol. The number of carbonyl (C=O) groups excluding carboxylic acids is 3. The zero-order valence-electron chi connectivity index (χ0n) is 14.2. The Labute approximate surface area is 162 Å². The molecule has 2 aliphatic heterocycles. The molecule has 0 unspecified atom stereocenters. The summed E-state index contributed by atoms with van der Waals surface area (Å²) in [5, 5.41) is 0.980. The maximum atomic E-state index is 12.4. The van der Waals surface area contributed by atoms with Crippen LogP contribution < -0.4 is 0 Å². The lowest BCUT2D eigenvalue weighted by atomic mass is 10.0. The van der Waals surface area contributed by atoms with Gasteiger partial charge in [0.05, 0.1) is 10.0 Å². The molecule has 6 nitrogen and oxygen atoms in total. The zero-order valence-corrected chi connectivity index (χ0v) is 15.8. The van der Waals surface area contributed by atoms with Gasteiger partial charge in [-0.2, -0.15) is 0 Å². The molecule has 2 saturated heterocycles. The van der Waals surface area contributed by atoms with E-state index in [0.717, 1.165) is 5.56 Å². The third-order valence-electron chi connectivity index (χ3n) is 4.78. The first-order valence-electron chi connectivity index (χ1n) is 8.60. The molecule has 2 heterocycles. The molecule has 0 N–H and O–H groups in total. The number of ether oxygens (including phenoxy) is 1. The number of piperidine rings is 1. The van der Waals surface area contributed by atoms with E-state index in [0.29, 0.717) is 48.8 Å². The third kappa shape index (κ3) is 4.37. The zero-order chi connectivity index (χ0) is 18.7. The maximum absolute atomic E-state index is 12.4. The number of hydrogen-bond donors (Lipinski definition) is 0. The van der Waals surface area contributed by atoms with Gasteiger partial charge in [0.1, 0.15) is 13.2 Å². The van der Waals surface area contributed by atoms with E-state index in [1.165, 1.54) is 4.90 Å². The van der Waals surface area contributed by atoms with E-state index in [2.05, 4.69) is 0 Å². The van der Waals surface area contributed by atoms with Crippen LogP contribution >= 0.6 is 23.2 Å². The van der Waals surface area contributed by atoms with Gasteiger partial charge in [0.25, 0.3) is 11.8 Å². The third-order valence-corrected chi connectivity index (χ3v) is 5.52. The second-order valence-electron chi connectivity index (χ2n) is 6.51. The van der Waals surface area contributed by atoms with Crippen LogP contribution in [0.5, 0.6) is 0 Å². The highest BCUT2D eigenvalue weighted by Crippen LogP contribution is 2.24. The highest BCUT2D eigenvalue weighted by molar-refractivity contribution is 6.42. The molecule has 1 aromatic carbocycles. The molecule has 0 aromatic heterocycles. The fraction of sp³-hybridized carbons (Fsp3) is 0.500. The summed E-state index contributed by atoms with van der Waals surface area (Å²) in [6.07, 6.45) is 2.19. The van der Waals surface area contributed by atoms with Gasteiger partial charge in [-0.3, -0.25) is 19.3 Å². The molecule has 3 rings (SSSR count). The minimum Gasteiger partial charge on any atom is -0.362 e. The van der Waals surface area contributed by atoms with Crippen LogP contribution in [0.4, 0.5) is 0 Å². The summed E-state index contributed by atoms with van der Waals surface area (Å²) in [4.78, 5) is 39.4. The van der Waals surface area contributed by atoms with Crippen LogP contribution in [0.2, 0.25) is 10.0 Å². The summed E-state index contributed by atoms with van der Waals surface area (Å²) in [5.74, 6) is -0.509. The largest absolute Gasteiger partial charge is 0.362 e. The Balaban J connectivity index is 1.49. The predicted molar refractivity (Wildman–Crippen MR) is 97.1 cm³/mol. The molecule has 3 amide bonds. The fourth-order valence-electron chi connectivity index (χ4n) is 3.39. The quantitative estimate of drug-likeness (QED) is 0.729. The molecule has 8 heteroatoms. The first-order chi connectivity index (χ1) is 12.5. The number of rotatable bonds is 4. The van der Waals surface area contributed by atoms with Crippen LogP contribution in [0.3, 0.4) is 0 Å². The number of hydrogen-bond acceptors (Lipinski definition) is 4. The summed E-state index contributed by atoms with van der Waals surface area (Å²) in [6.45, 7) is 0.995. The Morgan fingerprint density at radius 3 is 2.35 bits per heavy atom. The first kappa shape index (κ1) is 19.1. The van der Waals surface area contributed by atoms with Crippen molar-refractivity contribution in [2.75, 3.05) is 26.3 Å². The van der Waals surface area contributed by atoms with Crippen molar-refractivity contribution in [1.29, 1.82) is 0 Å². The van der Waals surface area contributed by atoms with E-state index in [-0.39, 0.29) is 37.0 Å². The number of amides is 3. The number of imide groups is 1. The monoisotopic (exact) mass is 398 g/mol. The highest BCUT2D eigenvalue weighted by atomic mass is 35.5. The summed E-state index contributed by atoms with van der Waals surface area (Å²) in [7, 11) is 0. The number of morpholine rings is 1. The van der Waals surface area contributed by atoms with Crippen molar-refractivity contribution < 1.29 is 19.1 Å². The standard InChI is InChI=1S/C18H20Cl2N2O4/c19-14-3-1-12(9-15(14)20)2-4-16(23)21-7-5-13(6-8-21)22-17(24)10-26-11-18(22)25/h1,3,9,13H,2,4-8,10-11H2. The van der Waals surface area contributed by atoms with E-state index in [1.54, 1.807) is 17.0 Å². The fourth-order valence-corrected chi connectivity index (χ4v) is 3.71. The van der Waals surface area contributed by atoms with E-state index < -0.39 is 0 Å². The normalized spacial score (nSPS) is 19.2. The van der Waals surface area contributed by atoms with Crippen LogP contribution in [0, 0.1) is 0 Å². The van der Waals surface area contributed by atoms with Crippen LogP contribution in [0.25, 0.3) is 0 Å². The lowest BCUT2D eigenvalue weighted by Crippen LogP contribution is -2.55. The van der Waals surface area contributed by atoms with Crippen molar-refractivity contribution in [3.8, 4) is 0 Å². The van der Waals surface area contributed by atoms with Crippen molar-refractivity contribution in [3.05, 3.63) is 33.8 Å². The van der Waals surface area contributed by atoms with Gasteiger partial charge in [-0.05, 0) is 37.0 Å². The number of likely N-dealkylation sites (tertiary alicyclic amines) is 1. The summed E-state index contributed by atoms with van der Waals surface area (Å²) < 4.78 is 4.94. The van der Waals surface area contributed by atoms with Crippen molar-refractivity contribution in [3.63, 3.8) is 0 Å². The number of nitrogens with zero attached hydrogens (tertiary/aromatic N) is 2. The molecule has 26 heavy (non-hydrogen) atoms. The number of halogens is 2. The molecule has 0 bridgehead atoms. The summed E-state index contributed by atoms with van der Waals surface area (Å²) >= 11 is 11.9. The Morgan fingerprint density at radius 1 is 1.08 bits per heavy atom. The summed E-state index contributed by atoms with van der Waals surface area (Å²) in [5.41, 5.74) is 0.965. The molecule has 0 aliphatic carbocycles. The van der Waals surface area contributed by atoms with Crippen LogP contribution in [-0.4, -0.2) is 59.9 Å². The molecule has 1 aromatic rings. The van der Waals surface area contributed by atoms with Gasteiger partial charge in [0.2, 0.25) is 5.91 Å². The first-order valence-corrected chi connectivity index (χ1v) is 9.35. The van der Waals surface area contributed by atoms with Crippen molar-refractivity contribution in [1.82, 2.24) is 9.80 Å². The predicted octanol–water partition coefficient (Wildman–Crippen LogP) is 2.30. The van der Waals surface area contributed by atoms with Gasteiger partial charge < -0.3 is 9.64 Å². The molecular formula is C18H20Cl2N2O4. The van der Waals surface area contributed by atoms with Crippen LogP contribution in [0.15, 0.2) is 18.2 Å². The Hall–Kier alpha value is -1.63. The van der Waals surface area contributed by atoms with E-state index in [4.69, 9.17) is 27.9 Å². The van der Waals surface area contributed by atoms with Gasteiger partial charge in [0, 0.05) is 25.6 Å². The minimum atomic E-state index is -0.286.